The van der Waals surface area contributed by atoms with Gasteiger partial charge in [0.05, 0.1) is 18.7 Å². The van der Waals surface area contributed by atoms with Crippen molar-refractivity contribution >= 4 is 22.7 Å². The molecule has 1 saturated carbocycles. The number of rotatable bonds is 11. The molecule has 0 radical (unpaired) electrons. The molecule has 1 aliphatic rings. The van der Waals surface area contributed by atoms with E-state index in [0.717, 1.165) is 30.4 Å². The van der Waals surface area contributed by atoms with Gasteiger partial charge in [-0.25, -0.2) is 0 Å². The van der Waals surface area contributed by atoms with E-state index < -0.39 is 5.60 Å². The molecule has 2 aromatic rings. The van der Waals surface area contributed by atoms with Crippen molar-refractivity contribution in [2.24, 2.45) is 5.16 Å². The van der Waals surface area contributed by atoms with Crippen LogP contribution in [0, 0.1) is 0 Å². The summed E-state index contributed by atoms with van der Waals surface area (Å²) in [6, 6.07) is 9.99. The van der Waals surface area contributed by atoms with E-state index in [9.17, 15) is 4.79 Å². The highest BCUT2D eigenvalue weighted by Crippen LogP contribution is 2.46. The molecule has 0 amide bonds. The molecule has 174 valence electrons. The van der Waals surface area contributed by atoms with Crippen LogP contribution in [0.1, 0.15) is 87.3 Å². The molecule has 1 N–H and O–H groups in total. The number of esters is 1. The monoisotopic (exact) mass is 462 g/mol. The first-order valence-electron chi connectivity index (χ1n) is 11.0. The van der Waals surface area contributed by atoms with Gasteiger partial charge >= 0.3 is 5.97 Å². The number of carbonyl (C=O) groups is 1. The molecule has 0 bridgehead atoms. The maximum absolute atomic E-state index is 12.6. The summed E-state index contributed by atoms with van der Waals surface area (Å²) >= 11 is 6.04. The first-order valence-corrected chi connectivity index (χ1v) is 11.4. The summed E-state index contributed by atoms with van der Waals surface area (Å²) < 4.78 is 16.8. The van der Waals surface area contributed by atoms with Crippen LogP contribution in [0.15, 0.2) is 40.0 Å². The third-order valence-corrected chi connectivity index (χ3v) is 5.44. The minimum absolute atomic E-state index is 0.132. The lowest BCUT2D eigenvalue weighted by Crippen LogP contribution is -2.25. The van der Waals surface area contributed by atoms with Crippen molar-refractivity contribution in [3.8, 4) is 0 Å². The van der Waals surface area contributed by atoms with Gasteiger partial charge in [-0.2, -0.15) is 0 Å². The number of oxime groups is 1. The lowest BCUT2D eigenvalue weighted by molar-refractivity contribution is -0.155. The van der Waals surface area contributed by atoms with Gasteiger partial charge in [-0.3, -0.25) is 4.79 Å². The second kappa shape index (κ2) is 11.0. The van der Waals surface area contributed by atoms with Gasteiger partial charge in [0.15, 0.2) is 0 Å². The molecule has 1 aromatic heterocycles. The molecule has 1 aromatic carbocycles. The minimum atomic E-state index is -0.568. The topological polar surface area (TPSA) is 94.2 Å². The molecular formula is C24H31ClN2O5. The predicted octanol–water partition coefficient (Wildman–Crippen LogP) is 5.74. The minimum Gasteiger partial charge on any atom is -0.460 e. The highest BCUT2D eigenvalue weighted by molar-refractivity contribution is 6.69. The number of benzene rings is 1. The zero-order valence-electron chi connectivity index (χ0n) is 18.8. The summed E-state index contributed by atoms with van der Waals surface area (Å²) in [5.74, 6) is 0.0285. The fourth-order valence-electron chi connectivity index (χ4n) is 3.68. The summed E-state index contributed by atoms with van der Waals surface area (Å²) in [4.78, 5) is 12.6. The van der Waals surface area contributed by atoms with E-state index in [2.05, 4.69) is 10.3 Å². The molecule has 32 heavy (non-hydrogen) atoms. The molecule has 0 unspecified atom stereocenters. The zero-order valence-corrected chi connectivity index (χ0v) is 19.6. The van der Waals surface area contributed by atoms with Gasteiger partial charge < -0.3 is 19.2 Å². The van der Waals surface area contributed by atoms with Crippen molar-refractivity contribution in [2.75, 3.05) is 6.61 Å². The lowest BCUT2D eigenvalue weighted by Gasteiger charge is -2.22. The standard InChI is InChI=1S/C24H31ClN2O5/c1-24(2,3)31-19(28)14-18(10-7-13-30-15-16-8-5-4-6-9-16)21-20(17-11-12-17)22(32-27-21)23(25)26-29/h4-6,8-9,17-18,29H,7,10-15H2,1-3H3/b26-23-/t18-/m0/s1. The molecule has 3 rings (SSSR count). The third kappa shape index (κ3) is 7.07. The van der Waals surface area contributed by atoms with Gasteiger partial charge in [-0.15, -0.1) is 0 Å². The van der Waals surface area contributed by atoms with Gasteiger partial charge in [0.1, 0.15) is 5.60 Å². The Kier molecular flexibility index (Phi) is 8.32. The van der Waals surface area contributed by atoms with Crippen LogP contribution < -0.4 is 0 Å². The van der Waals surface area contributed by atoms with E-state index >= 15 is 0 Å². The van der Waals surface area contributed by atoms with Crippen LogP contribution in [0.4, 0.5) is 0 Å². The van der Waals surface area contributed by atoms with Crippen LogP contribution in [0.25, 0.3) is 0 Å². The molecular weight excluding hydrogens is 432 g/mol. The summed E-state index contributed by atoms with van der Waals surface area (Å²) in [5.41, 5.74) is 2.08. The van der Waals surface area contributed by atoms with Crippen LogP contribution in [-0.4, -0.2) is 33.7 Å². The molecule has 7 nitrogen and oxygen atoms in total. The molecule has 1 atom stereocenters. The second-order valence-corrected chi connectivity index (χ2v) is 9.50. The smallest absolute Gasteiger partial charge is 0.306 e. The van der Waals surface area contributed by atoms with Gasteiger partial charge in [0, 0.05) is 18.1 Å². The van der Waals surface area contributed by atoms with Crippen molar-refractivity contribution in [3.63, 3.8) is 0 Å². The van der Waals surface area contributed by atoms with Crippen LogP contribution in [0.3, 0.4) is 0 Å². The van der Waals surface area contributed by atoms with E-state index in [1.54, 1.807) is 0 Å². The van der Waals surface area contributed by atoms with Crippen molar-refractivity contribution in [1.82, 2.24) is 5.16 Å². The Labute approximate surface area is 193 Å². The molecule has 1 aliphatic carbocycles. The lowest BCUT2D eigenvalue weighted by atomic mass is 9.91. The average molecular weight is 463 g/mol. The summed E-state index contributed by atoms with van der Waals surface area (Å²) in [7, 11) is 0. The molecule has 0 spiro atoms. The third-order valence-electron chi connectivity index (χ3n) is 5.19. The van der Waals surface area contributed by atoms with Crippen molar-refractivity contribution < 1.29 is 24.0 Å². The number of nitrogens with zero attached hydrogens (tertiary/aromatic N) is 2. The Morgan fingerprint density at radius 2 is 2.03 bits per heavy atom. The van der Waals surface area contributed by atoms with Gasteiger partial charge in [0.25, 0.3) is 0 Å². The number of aromatic nitrogens is 1. The summed E-state index contributed by atoms with van der Waals surface area (Å²) in [6.07, 6.45) is 3.56. The Bertz CT molecular complexity index is 916. The van der Waals surface area contributed by atoms with Crippen LogP contribution in [-0.2, 0) is 20.9 Å². The number of halogens is 1. The Hall–Kier alpha value is -2.38. The summed E-state index contributed by atoms with van der Waals surface area (Å²) in [6.45, 7) is 6.64. The van der Waals surface area contributed by atoms with Gasteiger partial charge in [-0.05, 0) is 57.9 Å². The van der Waals surface area contributed by atoms with E-state index in [4.69, 9.17) is 30.8 Å². The largest absolute Gasteiger partial charge is 0.460 e. The summed E-state index contributed by atoms with van der Waals surface area (Å²) in [5, 5.41) is 16.3. The maximum Gasteiger partial charge on any atom is 0.306 e. The number of hydrogen-bond donors (Lipinski definition) is 1. The molecule has 1 heterocycles. The molecule has 0 aliphatic heterocycles. The Morgan fingerprint density at radius 3 is 2.66 bits per heavy atom. The van der Waals surface area contributed by atoms with Crippen LogP contribution >= 0.6 is 11.6 Å². The van der Waals surface area contributed by atoms with E-state index in [1.807, 2.05) is 51.1 Å². The van der Waals surface area contributed by atoms with E-state index in [0.29, 0.717) is 25.3 Å². The van der Waals surface area contributed by atoms with Crippen LogP contribution in [0.5, 0.6) is 0 Å². The van der Waals surface area contributed by atoms with E-state index in [1.165, 1.54) is 0 Å². The fourth-order valence-corrected chi connectivity index (χ4v) is 3.82. The van der Waals surface area contributed by atoms with Crippen molar-refractivity contribution in [2.45, 2.75) is 76.9 Å². The first kappa shape index (κ1) is 24.3. The highest BCUT2D eigenvalue weighted by atomic mass is 35.5. The number of carbonyl (C=O) groups excluding carboxylic acids is 1. The Morgan fingerprint density at radius 1 is 1.31 bits per heavy atom. The highest BCUT2D eigenvalue weighted by Gasteiger charge is 2.37. The molecule has 0 saturated heterocycles. The van der Waals surface area contributed by atoms with Crippen molar-refractivity contribution in [3.05, 3.63) is 52.9 Å². The first-order chi connectivity index (χ1) is 15.3. The van der Waals surface area contributed by atoms with Crippen molar-refractivity contribution in [1.29, 1.82) is 0 Å². The van der Waals surface area contributed by atoms with Gasteiger partial charge in [-0.1, -0.05) is 52.2 Å². The average Bonchev–Trinajstić information content (AvgIpc) is 3.49. The van der Waals surface area contributed by atoms with Gasteiger partial charge in [0.2, 0.25) is 10.9 Å². The second-order valence-electron chi connectivity index (χ2n) is 9.14. The van der Waals surface area contributed by atoms with Crippen LogP contribution in [0.2, 0.25) is 0 Å². The number of hydrogen-bond acceptors (Lipinski definition) is 7. The SMILES string of the molecule is CC(C)(C)OC(=O)C[C@H](CCCOCc1ccccc1)c1noc(/C(Cl)=N/O)c1C1CC1. The maximum atomic E-state index is 12.6. The Balaban J connectivity index is 1.70. The zero-order chi connectivity index (χ0) is 23.1. The predicted molar refractivity (Wildman–Crippen MR) is 121 cm³/mol. The molecule has 8 heteroatoms. The fraction of sp³-hybridized carbons (Fsp3) is 0.542. The van der Waals surface area contributed by atoms with E-state index in [-0.39, 0.29) is 35.2 Å². The normalized spacial score (nSPS) is 15.6. The quantitative estimate of drug-likeness (QED) is 0.150. The number of ether oxygens (including phenoxy) is 2. The molecule has 1 fully saturated rings.